The van der Waals surface area contributed by atoms with E-state index in [1.165, 1.54) is 49.9 Å². The molecule has 0 aromatic heterocycles. The third-order valence-corrected chi connectivity index (χ3v) is 3.88. The molecule has 0 spiro atoms. The van der Waals surface area contributed by atoms with E-state index in [9.17, 15) is 5.11 Å². The Morgan fingerprint density at radius 2 is 2.28 bits per heavy atom. The quantitative estimate of drug-likeness (QED) is 0.864. The molecule has 1 unspecified atom stereocenters. The molecule has 1 heterocycles. The topological polar surface area (TPSA) is 23.5 Å². The number of hydrogen-bond acceptors (Lipinski definition) is 2. The van der Waals surface area contributed by atoms with Crippen LogP contribution in [0.1, 0.15) is 30.4 Å². The van der Waals surface area contributed by atoms with Crippen LogP contribution in [0.2, 0.25) is 0 Å². The number of aliphatic hydroxyl groups excluding tert-OH is 1. The number of benzene rings is 1. The highest BCUT2D eigenvalue weighted by molar-refractivity contribution is 5.22. The van der Waals surface area contributed by atoms with Crippen molar-refractivity contribution in [3.8, 4) is 0 Å². The van der Waals surface area contributed by atoms with Crippen molar-refractivity contribution in [1.29, 1.82) is 0 Å². The van der Waals surface area contributed by atoms with Gasteiger partial charge in [0.2, 0.25) is 0 Å². The van der Waals surface area contributed by atoms with Crippen molar-refractivity contribution in [2.75, 3.05) is 26.2 Å². The average Bonchev–Trinajstić information content (AvgIpc) is 2.39. The first-order chi connectivity index (χ1) is 8.78. The summed E-state index contributed by atoms with van der Waals surface area (Å²) in [6.07, 6.45) is 4.84. The van der Waals surface area contributed by atoms with Crippen LogP contribution in [-0.2, 0) is 6.42 Å². The molecule has 100 valence electrons. The predicted molar refractivity (Wildman–Crippen MR) is 75.7 cm³/mol. The van der Waals surface area contributed by atoms with Crippen molar-refractivity contribution in [2.24, 2.45) is 5.92 Å². The highest BCUT2D eigenvalue weighted by atomic mass is 16.3. The molecule has 0 bridgehead atoms. The van der Waals surface area contributed by atoms with Gasteiger partial charge in [0.05, 0.1) is 0 Å². The van der Waals surface area contributed by atoms with Crippen molar-refractivity contribution in [3.05, 3.63) is 35.4 Å². The highest BCUT2D eigenvalue weighted by Crippen LogP contribution is 2.16. The number of rotatable bonds is 5. The highest BCUT2D eigenvalue weighted by Gasteiger charge is 2.18. The van der Waals surface area contributed by atoms with Crippen LogP contribution in [0.5, 0.6) is 0 Å². The molecule has 0 amide bonds. The van der Waals surface area contributed by atoms with Gasteiger partial charge in [-0.3, -0.25) is 0 Å². The lowest BCUT2D eigenvalue weighted by Gasteiger charge is -2.31. The molecule has 1 aliphatic heterocycles. The normalized spacial score (nSPS) is 21.1. The minimum Gasteiger partial charge on any atom is -0.396 e. The Labute approximate surface area is 111 Å². The van der Waals surface area contributed by atoms with E-state index in [0.29, 0.717) is 12.5 Å². The molecule has 18 heavy (non-hydrogen) atoms. The molecular formula is C16H25NO. The fraction of sp³-hybridized carbons (Fsp3) is 0.625. The van der Waals surface area contributed by atoms with Crippen molar-refractivity contribution in [3.63, 3.8) is 0 Å². The lowest BCUT2D eigenvalue weighted by Crippen LogP contribution is -2.37. The number of aryl methyl sites for hydroxylation is 2. The van der Waals surface area contributed by atoms with E-state index in [1.807, 2.05) is 0 Å². The van der Waals surface area contributed by atoms with Gasteiger partial charge in [0.25, 0.3) is 0 Å². The van der Waals surface area contributed by atoms with Gasteiger partial charge in [-0.15, -0.1) is 0 Å². The van der Waals surface area contributed by atoms with E-state index in [-0.39, 0.29) is 0 Å². The maximum absolute atomic E-state index is 9.22. The van der Waals surface area contributed by atoms with Gasteiger partial charge in [-0.05, 0) is 57.2 Å². The maximum atomic E-state index is 9.22. The monoisotopic (exact) mass is 247 g/mol. The van der Waals surface area contributed by atoms with E-state index < -0.39 is 0 Å². The van der Waals surface area contributed by atoms with Crippen LogP contribution in [0.4, 0.5) is 0 Å². The van der Waals surface area contributed by atoms with E-state index in [4.69, 9.17) is 0 Å². The second-order valence-electron chi connectivity index (χ2n) is 5.58. The number of likely N-dealkylation sites (tertiary alicyclic amines) is 1. The van der Waals surface area contributed by atoms with Gasteiger partial charge in [-0.2, -0.15) is 0 Å². The van der Waals surface area contributed by atoms with Crippen LogP contribution >= 0.6 is 0 Å². The summed E-state index contributed by atoms with van der Waals surface area (Å²) in [5.74, 6) is 0.512. The lowest BCUT2D eigenvalue weighted by atomic mass is 9.98. The Bertz CT molecular complexity index is 364. The van der Waals surface area contributed by atoms with E-state index in [2.05, 4.69) is 36.1 Å². The Morgan fingerprint density at radius 1 is 1.39 bits per heavy atom. The van der Waals surface area contributed by atoms with Crippen LogP contribution in [0.15, 0.2) is 24.3 Å². The van der Waals surface area contributed by atoms with Gasteiger partial charge in [0.15, 0.2) is 0 Å². The fourth-order valence-electron chi connectivity index (χ4n) is 2.88. The second kappa shape index (κ2) is 6.91. The first kappa shape index (κ1) is 13.6. The van der Waals surface area contributed by atoms with E-state index in [1.54, 1.807) is 0 Å². The van der Waals surface area contributed by atoms with Gasteiger partial charge in [0.1, 0.15) is 0 Å². The Hall–Kier alpha value is -0.860. The average molecular weight is 247 g/mol. The van der Waals surface area contributed by atoms with E-state index in [0.717, 1.165) is 6.54 Å². The van der Waals surface area contributed by atoms with Gasteiger partial charge >= 0.3 is 0 Å². The van der Waals surface area contributed by atoms with Crippen molar-refractivity contribution >= 4 is 0 Å². The van der Waals surface area contributed by atoms with Gasteiger partial charge < -0.3 is 10.0 Å². The predicted octanol–water partition coefficient (Wildman–Crippen LogP) is 2.63. The van der Waals surface area contributed by atoms with Crippen LogP contribution in [0.25, 0.3) is 0 Å². The molecule has 0 saturated carbocycles. The zero-order chi connectivity index (χ0) is 12.8. The minimum absolute atomic E-state index is 0.356. The molecule has 1 aromatic carbocycles. The van der Waals surface area contributed by atoms with Gasteiger partial charge in [0, 0.05) is 13.2 Å². The number of aliphatic hydroxyl groups is 1. The number of piperidine rings is 1. The van der Waals surface area contributed by atoms with E-state index >= 15 is 0 Å². The summed E-state index contributed by atoms with van der Waals surface area (Å²) in [7, 11) is 0. The van der Waals surface area contributed by atoms with Gasteiger partial charge in [-0.1, -0.05) is 29.8 Å². The molecule has 0 aliphatic carbocycles. The fourth-order valence-corrected chi connectivity index (χ4v) is 2.88. The SMILES string of the molecule is Cc1cccc(CCCN2CCCC(CO)C2)c1. The lowest BCUT2D eigenvalue weighted by molar-refractivity contribution is 0.120. The molecule has 1 aromatic rings. The first-order valence-corrected chi connectivity index (χ1v) is 7.16. The molecule has 1 atom stereocenters. The summed E-state index contributed by atoms with van der Waals surface area (Å²) >= 11 is 0. The molecule has 0 radical (unpaired) electrons. The zero-order valence-electron chi connectivity index (χ0n) is 11.4. The van der Waals surface area contributed by atoms with Crippen molar-refractivity contribution in [1.82, 2.24) is 4.90 Å². The summed E-state index contributed by atoms with van der Waals surface area (Å²) < 4.78 is 0. The summed E-state index contributed by atoms with van der Waals surface area (Å²) in [5, 5.41) is 9.22. The van der Waals surface area contributed by atoms with Crippen molar-refractivity contribution < 1.29 is 5.11 Å². The zero-order valence-corrected chi connectivity index (χ0v) is 11.4. The number of hydrogen-bond donors (Lipinski definition) is 1. The van der Waals surface area contributed by atoms with Crippen LogP contribution in [0.3, 0.4) is 0 Å². The molecular weight excluding hydrogens is 222 g/mol. The maximum Gasteiger partial charge on any atom is 0.0471 e. The summed E-state index contributed by atoms with van der Waals surface area (Å²) in [5.41, 5.74) is 2.80. The second-order valence-corrected chi connectivity index (χ2v) is 5.58. The third kappa shape index (κ3) is 4.11. The Kier molecular flexibility index (Phi) is 5.21. The smallest absolute Gasteiger partial charge is 0.0471 e. The van der Waals surface area contributed by atoms with Crippen LogP contribution in [0, 0.1) is 12.8 Å². The molecule has 2 nitrogen and oxygen atoms in total. The third-order valence-electron chi connectivity index (χ3n) is 3.88. The standard InChI is InChI=1S/C16H25NO/c1-14-5-2-6-15(11-14)7-3-9-17-10-4-8-16(12-17)13-18/h2,5-6,11,16,18H,3-4,7-10,12-13H2,1H3. The molecule has 1 aliphatic rings. The summed E-state index contributed by atoms with van der Waals surface area (Å²) in [6, 6.07) is 8.81. The minimum atomic E-state index is 0.356. The number of nitrogens with zero attached hydrogens (tertiary/aromatic N) is 1. The Balaban J connectivity index is 1.72. The summed E-state index contributed by atoms with van der Waals surface area (Å²) in [6.45, 7) is 5.98. The molecule has 1 N–H and O–H groups in total. The van der Waals surface area contributed by atoms with Crippen LogP contribution in [-0.4, -0.2) is 36.2 Å². The molecule has 1 fully saturated rings. The van der Waals surface area contributed by atoms with Crippen molar-refractivity contribution in [2.45, 2.75) is 32.6 Å². The first-order valence-electron chi connectivity index (χ1n) is 7.16. The summed E-state index contributed by atoms with van der Waals surface area (Å²) in [4.78, 5) is 2.51. The van der Waals surface area contributed by atoms with Crippen LogP contribution < -0.4 is 0 Å². The molecule has 1 saturated heterocycles. The molecule has 2 heteroatoms. The largest absolute Gasteiger partial charge is 0.396 e. The van der Waals surface area contributed by atoms with Gasteiger partial charge in [-0.25, -0.2) is 0 Å². The Morgan fingerprint density at radius 3 is 3.06 bits per heavy atom. The molecule has 2 rings (SSSR count).